The molecule has 0 spiro atoms. The number of carbonyl (C=O) groups is 2. The number of aromatic hydroxyl groups is 1. The summed E-state index contributed by atoms with van der Waals surface area (Å²) >= 11 is 0. The minimum absolute atomic E-state index is 0.00275. The Balaban J connectivity index is 2.18. The molecule has 1 atom stereocenters. The number of esters is 1. The zero-order chi connectivity index (χ0) is 26.0. The number of nitrogens with zero attached hydrogens (tertiary/aromatic N) is 1. The normalized spacial score (nSPS) is 12.2. The summed E-state index contributed by atoms with van der Waals surface area (Å²) in [7, 11) is 1.66. The summed E-state index contributed by atoms with van der Waals surface area (Å²) in [4.78, 5) is 27.1. The molecule has 1 amide bonds. The van der Waals surface area contributed by atoms with Gasteiger partial charge in [-0.15, -0.1) is 0 Å². The molecule has 0 aliphatic carbocycles. The summed E-state index contributed by atoms with van der Waals surface area (Å²) in [5, 5.41) is 10.0. The van der Waals surface area contributed by atoms with Crippen LogP contribution in [0.2, 0.25) is 0 Å². The third-order valence-corrected chi connectivity index (χ3v) is 5.00. The van der Waals surface area contributed by atoms with Crippen LogP contribution in [0.25, 0.3) is 0 Å². The van der Waals surface area contributed by atoms with Crippen LogP contribution in [-0.4, -0.2) is 66.7 Å². The first-order chi connectivity index (χ1) is 16.5. The number of phenolic OH excluding ortho intramolecular Hbond substituents is 1. The highest BCUT2D eigenvalue weighted by atomic mass is 16.6. The fourth-order valence-corrected chi connectivity index (χ4v) is 3.18. The van der Waals surface area contributed by atoms with E-state index in [0.29, 0.717) is 12.4 Å². The molecule has 0 radical (unpaired) electrons. The number of hydrogen-bond acceptors (Lipinski definition) is 7. The van der Waals surface area contributed by atoms with Crippen molar-refractivity contribution in [2.75, 3.05) is 26.9 Å². The van der Waals surface area contributed by atoms with Crippen molar-refractivity contribution in [3.05, 3.63) is 59.7 Å². The van der Waals surface area contributed by atoms with E-state index in [9.17, 15) is 14.7 Å². The van der Waals surface area contributed by atoms with Crippen LogP contribution in [0, 0.1) is 0 Å². The van der Waals surface area contributed by atoms with Crippen molar-refractivity contribution in [2.45, 2.75) is 58.8 Å². The lowest BCUT2D eigenvalue weighted by molar-refractivity contribution is -0.0136. The van der Waals surface area contributed by atoms with Crippen molar-refractivity contribution in [2.24, 2.45) is 0 Å². The van der Waals surface area contributed by atoms with Crippen LogP contribution < -0.4 is 4.74 Å². The number of ether oxygens (including phenoxy) is 4. The molecule has 0 bridgehead atoms. The van der Waals surface area contributed by atoms with E-state index in [1.165, 1.54) is 17.0 Å². The molecule has 0 saturated heterocycles. The van der Waals surface area contributed by atoms with Crippen LogP contribution in [0.5, 0.6) is 11.5 Å². The van der Waals surface area contributed by atoms with Gasteiger partial charge in [0.2, 0.25) is 0 Å². The molecule has 1 N–H and O–H groups in total. The minimum Gasteiger partial charge on any atom is -0.507 e. The number of carbonyl (C=O) groups excluding carboxylic acids is 2. The van der Waals surface area contributed by atoms with Gasteiger partial charge in [-0.25, -0.2) is 9.59 Å². The van der Waals surface area contributed by atoms with Crippen LogP contribution in [0.4, 0.5) is 4.79 Å². The highest BCUT2D eigenvalue weighted by molar-refractivity contribution is 5.92. The van der Waals surface area contributed by atoms with Gasteiger partial charge in [-0.2, -0.15) is 0 Å². The largest absolute Gasteiger partial charge is 0.507 e. The quantitative estimate of drug-likeness (QED) is 0.454. The molecule has 2 aromatic rings. The summed E-state index contributed by atoms with van der Waals surface area (Å²) in [5.41, 5.74) is 0.471. The van der Waals surface area contributed by atoms with Crippen LogP contribution in [0.1, 0.15) is 50.5 Å². The lowest BCUT2D eigenvalue weighted by Gasteiger charge is -2.32. The van der Waals surface area contributed by atoms with Crippen molar-refractivity contribution in [3.63, 3.8) is 0 Å². The van der Waals surface area contributed by atoms with Crippen molar-refractivity contribution >= 4 is 12.1 Å². The molecule has 8 heteroatoms. The second-order valence-electron chi connectivity index (χ2n) is 9.47. The Kier molecular flexibility index (Phi) is 10.4. The topological polar surface area (TPSA) is 94.5 Å². The third kappa shape index (κ3) is 9.48. The van der Waals surface area contributed by atoms with Crippen molar-refractivity contribution in [1.29, 1.82) is 0 Å². The Hall–Kier alpha value is -3.26. The Morgan fingerprint density at radius 3 is 2.26 bits per heavy atom. The average molecular weight is 488 g/mol. The predicted octanol–water partition coefficient (Wildman–Crippen LogP) is 4.83. The fourth-order valence-electron chi connectivity index (χ4n) is 3.18. The third-order valence-electron chi connectivity index (χ3n) is 5.00. The Morgan fingerprint density at radius 1 is 1.03 bits per heavy atom. The summed E-state index contributed by atoms with van der Waals surface area (Å²) in [6.45, 7) is 9.76. The fraction of sp³-hybridized carbons (Fsp3) is 0.481. The molecule has 0 aliphatic rings. The summed E-state index contributed by atoms with van der Waals surface area (Å²) < 4.78 is 22.2. The van der Waals surface area contributed by atoms with Crippen LogP contribution in [0.3, 0.4) is 0 Å². The second-order valence-corrected chi connectivity index (χ2v) is 9.47. The van der Waals surface area contributed by atoms with E-state index in [0.717, 1.165) is 12.0 Å². The molecule has 2 rings (SSSR count). The molecule has 2 aromatic carbocycles. The molecule has 0 saturated carbocycles. The van der Waals surface area contributed by atoms with E-state index in [2.05, 4.69) is 0 Å². The van der Waals surface area contributed by atoms with E-state index in [1.807, 2.05) is 38.1 Å². The molecule has 0 aliphatic heterocycles. The summed E-state index contributed by atoms with van der Waals surface area (Å²) in [6, 6.07) is 13.5. The van der Waals surface area contributed by atoms with E-state index in [4.69, 9.17) is 18.9 Å². The molecule has 192 valence electrons. The average Bonchev–Trinajstić information content (AvgIpc) is 2.78. The molecular weight excluding hydrogens is 450 g/mol. The zero-order valence-corrected chi connectivity index (χ0v) is 21.4. The molecule has 8 nitrogen and oxygen atoms in total. The Labute approximate surface area is 207 Å². The molecule has 35 heavy (non-hydrogen) atoms. The van der Waals surface area contributed by atoms with E-state index in [1.54, 1.807) is 40.0 Å². The van der Waals surface area contributed by atoms with E-state index >= 15 is 0 Å². The van der Waals surface area contributed by atoms with Crippen molar-refractivity contribution < 1.29 is 33.6 Å². The van der Waals surface area contributed by atoms with Crippen LogP contribution in [0.15, 0.2) is 48.5 Å². The van der Waals surface area contributed by atoms with Gasteiger partial charge in [-0.3, -0.25) is 0 Å². The molecule has 0 fully saturated rings. The Morgan fingerprint density at radius 2 is 1.69 bits per heavy atom. The lowest BCUT2D eigenvalue weighted by atomic mass is 10.1. The van der Waals surface area contributed by atoms with Crippen LogP contribution in [-0.2, 0) is 20.6 Å². The number of rotatable bonds is 11. The van der Waals surface area contributed by atoms with Crippen LogP contribution >= 0.6 is 0 Å². The molecular formula is C27H37NO7. The lowest BCUT2D eigenvalue weighted by Crippen LogP contribution is -2.47. The van der Waals surface area contributed by atoms with Gasteiger partial charge in [-0.05, 0) is 70.9 Å². The number of para-hydroxylation sites is 1. The van der Waals surface area contributed by atoms with Crippen molar-refractivity contribution in [3.8, 4) is 11.5 Å². The summed E-state index contributed by atoms with van der Waals surface area (Å²) in [5.74, 6) is -0.292. The van der Waals surface area contributed by atoms with Gasteiger partial charge in [0.05, 0.1) is 13.2 Å². The van der Waals surface area contributed by atoms with Gasteiger partial charge >= 0.3 is 12.1 Å². The number of methoxy groups -OCH3 is 1. The number of benzene rings is 2. The molecule has 0 heterocycles. The first kappa shape index (κ1) is 28.0. The van der Waals surface area contributed by atoms with Gasteiger partial charge in [-0.1, -0.05) is 24.3 Å². The van der Waals surface area contributed by atoms with E-state index in [-0.39, 0.29) is 30.5 Å². The standard InChI is InChI=1S/C27H37NO7/c1-19(2)28(26(31)35-27(3,4)5)17-22(34-25(30)23-9-7-8-10-24(23)29)18-33-21-13-11-20(12-14-21)15-16-32-6/h7-14,19,22,29H,15-18H2,1-6H3. The number of hydrogen-bond donors (Lipinski definition) is 1. The van der Waals surface area contributed by atoms with Gasteiger partial charge in [0.25, 0.3) is 0 Å². The maximum Gasteiger partial charge on any atom is 0.410 e. The smallest absolute Gasteiger partial charge is 0.410 e. The maximum absolute atomic E-state index is 12.8. The zero-order valence-electron chi connectivity index (χ0n) is 21.4. The highest BCUT2D eigenvalue weighted by Crippen LogP contribution is 2.20. The maximum atomic E-state index is 12.8. The van der Waals surface area contributed by atoms with Gasteiger partial charge in [0.1, 0.15) is 29.3 Å². The number of amides is 1. The SMILES string of the molecule is COCCc1ccc(OCC(CN(C(=O)OC(C)(C)C)C(C)C)OC(=O)c2ccccc2O)cc1. The second kappa shape index (κ2) is 13.0. The van der Waals surface area contributed by atoms with E-state index < -0.39 is 23.8 Å². The molecule has 1 unspecified atom stereocenters. The molecule has 0 aromatic heterocycles. The monoisotopic (exact) mass is 487 g/mol. The predicted molar refractivity (Wildman–Crippen MR) is 133 cm³/mol. The highest BCUT2D eigenvalue weighted by Gasteiger charge is 2.29. The van der Waals surface area contributed by atoms with Crippen molar-refractivity contribution in [1.82, 2.24) is 4.90 Å². The van der Waals surface area contributed by atoms with Gasteiger partial charge in [0, 0.05) is 13.2 Å². The van der Waals surface area contributed by atoms with Gasteiger partial charge in [0.15, 0.2) is 6.10 Å². The Bertz CT molecular complexity index is 951. The summed E-state index contributed by atoms with van der Waals surface area (Å²) in [6.07, 6.45) is -0.541. The van der Waals surface area contributed by atoms with Gasteiger partial charge < -0.3 is 29.0 Å². The minimum atomic E-state index is -0.815. The first-order valence-electron chi connectivity index (χ1n) is 11.7. The number of phenols is 1. The first-order valence-corrected chi connectivity index (χ1v) is 11.7.